The van der Waals surface area contributed by atoms with Gasteiger partial charge in [-0.05, 0) is 38.5 Å². The van der Waals surface area contributed by atoms with Gasteiger partial charge in [0.25, 0.3) is 0 Å². The standard InChI is InChI=1S/C12H23NO2/c1-3-4-10-5-7-11(8-6-10)13-9(2)12(14)15/h9-11,13H,3-8H2,1-2H3,(H,14,15)/t9-,10?,11?/m1/s1. The zero-order chi connectivity index (χ0) is 11.3. The molecule has 1 rings (SSSR count). The number of carboxylic acids is 1. The summed E-state index contributed by atoms with van der Waals surface area (Å²) in [4.78, 5) is 10.7. The van der Waals surface area contributed by atoms with E-state index in [1.54, 1.807) is 6.92 Å². The van der Waals surface area contributed by atoms with Crippen molar-refractivity contribution >= 4 is 5.97 Å². The highest BCUT2D eigenvalue weighted by molar-refractivity contribution is 5.72. The largest absolute Gasteiger partial charge is 0.480 e. The van der Waals surface area contributed by atoms with E-state index in [2.05, 4.69) is 12.2 Å². The molecule has 0 saturated heterocycles. The monoisotopic (exact) mass is 213 g/mol. The SMILES string of the molecule is CCCC1CCC(N[C@H](C)C(=O)O)CC1. The summed E-state index contributed by atoms with van der Waals surface area (Å²) in [5.74, 6) is 0.138. The third-order valence-electron chi connectivity index (χ3n) is 3.40. The van der Waals surface area contributed by atoms with Gasteiger partial charge in [-0.1, -0.05) is 19.8 Å². The first-order chi connectivity index (χ1) is 7.13. The molecule has 0 aromatic rings. The molecule has 0 unspecified atom stereocenters. The fourth-order valence-corrected chi connectivity index (χ4v) is 2.45. The molecule has 1 fully saturated rings. The maximum atomic E-state index is 10.7. The molecule has 2 N–H and O–H groups in total. The third-order valence-corrected chi connectivity index (χ3v) is 3.40. The molecule has 3 nitrogen and oxygen atoms in total. The maximum Gasteiger partial charge on any atom is 0.320 e. The minimum atomic E-state index is -0.745. The van der Waals surface area contributed by atoms with Gasteiger partial charge in [0.05, 0.1) is 0 Å². The van der Waals surface area contributed by atoms with E-state index in [1.165, 1.54) is 25.7 Å². The maximum absolute atomic E-state index is 10.7. The molecule has 1 aliphatic carbocycles. The van der Waals surface area contributed by atoms with E-state index in [0.717, 1.165) is 18.8 Å². The van der Waals surface area contributed by atoms with E-state index in [0.29, 0.717) is 6.04 Å². The predicted octanol–water partition coefficient (Wildman–Crippen LogP) is 2.41. The summed E-state index contributed by atoms with van der Waals surface area (Å²) in [5, 5.41) is 12.0. The molecule has 0 bridgehead atoms. The van der Waals surface area contributed by atoms with Crippen LogP contribution in [0.15, 0.2) is 0 Å². The number of carboxylic acid groups (broad SMARTS) is 1. The average Bonchev–Trinajstić information content (AvgIpc) is 2.21. The van der Waals surface area contributed by atoms with Crippen molar-refractivity contribution in [2.24, 2.45) is 5.92 Å². The number of hydrogen-bond acceptors (Lipinski definition) is 2. The van der Waals surface area contributed by atoms with Crippen LogP contribution in [0.1, 0.15) is 52.4 Å². The van der Waals surface area contributed by atoms with Gasteiger partial charge in [-0.25, -0.2) is 0 Å². The molecule has 0 spiro atoms. The van der Waals surface area contributed by atoms with Crippen LogP contribution in [-0.4, -0.2) is 23.2 Å². The van der Waals surface area contributed by atoms with Crippen LogP contribution in [0.5, 0.6) is 0 Å². The van der Waals surface area contributed by atoms with Crippen molar-refractivity contribution in [3.8, 4) is 0 Å². The van der Waals surface area contributed by atoms with Crippen molar-refractivity contribution in [1.29, 1.82) is 0 Å². The van der Waals surface area contributed by atoms with E-state index in [-0.39, 0.29) is 0 Å². The quantitative estimate of drug-likeness (QED) is 0.737. The highest BCUT2D eigenvalue weighted by atomic mass is 16.4. The van der Waals surface area contributed by atoms with Crippen molar-refractivity contribution < 1.29 is 9.90 Å². The summed E-state index contributed by atoms with van der Waals surface area (Å²) in [6.07, 6.45) is 7.41. The fraction of sp³-hybridized carbons (Fsp3) is 0.917. The van der Waals surface area contributed by atoms with Gasteiger partial charge < -0.3 is 10.4 Å². The van der Waals surface area contributed by atoms with Crippen molar-refractivity contribution in [3.63, 3.8) is 0 Å². The van der Waals surface area contributed by atoms with E-state index in [4.69, 9.17) is 5.11 Å². The summed E-state index contributed by atoms with van der Waals surface area (Å²) in [6.45, 7) is 3.96. The molecule has 0 aliphatic heterocycles. The Hall–Kier alpha value is -0.570. The number of nitrogens with one attached hydrogen (secondary N) is 1. The smallest absolute Gasteiger partial charge is 0.320 e. The first-order valence-electron chi connectivity index (χ1n) is 6.12. The molecule has 1 saturated carbocycles. The van der Waals surface area contributed by atoms with Gasteiger partial charge in [0, 0.05) is 6.04 Å². The van der Waals surface area contributed by atoms with Crippen LogP contribution in [0.4, 0.5) is 0 Å². The Morgan fingerprint density at radius 2 is 2.00 bits per heavy atom. The van der Waals surface area contributed by atoms with Gasteiger partial charge >= 0.3 is 5.97 Å². The van der Waals surface area contributed by atoms with E-state index < -0.39 is 12.0 Å². The summed E-state index contributed by atoms with van der Waals surface area (Å²) in [7, 11) is 0. The van der Waals surface area contributed by atoms with Crippen LogP contribution in [0.3, 0.4) is 0 Å². The Balaban J connectivity index is 2.22. The minimum absolute atomic E-state index is 0.405. The van der Waals surface area contributed by atoms with E-state index in [1.807, 2.05) is 0 Å². The van der Waals surface area contributed by atoms with Gasteiger partial charge in [0.15, 0.2) is 0 Å². The molecule has 88 valence electrons. The molecule has 0 aromatic carbocycles. The van der Waals surface area contributed by atoms with Crippen LogP contribution in [-0.2, 0) is 4.79 Å². The third kappa shape index (κ3) is 4.20. The average molecular weight is 213 g/mol. The second-order valence-corrected chi connectivity index (χ2v) is 4.73. The molecule has 0 heterocycles. The molecule has 15 heavy (non-hydrogen) atoms. The van der Waals surface area contributed by atoms with Crippen LogP contribution in [0, 0.1) is 5.92 Å². The summed E-state index contributed by atoms with van der Waals surface area (Å²) >= 11 is 0. The molecule has 1 aliphatic rings. The highest BCUT2D eigenvalue weighted by Crippen LogP contribution is 2.27. The predicted molar refractivity (Wildman–Crippen MR) is 60.9 cm³/mol. The number of carbonyl (C=O) groups is 1. The second kappa shape index (κ2) is 6.11. The number of rotatable bonds is 5. The van der Waals surface area contributed by atoms with Gasteiger partial charge in [-0.15, -0.1) is 0 Å². The molecule has 0 amide bonds. The molecular formula is C12H23NO2. The van der Waals surface area contributed by atoms with Crippen molar-refractivity contribution in [1.82, 2.24) is 5.32 Å². The Morgan fingerprint density at radius 1 is 1.40 bits per heavy atom. The van der Waals surface area contributed by atoms with Gasteiger partial charge in [-0.3, -0.25) is 4.79 Å². The van der Waals surface area contributed by atoms with Crippen LogP contribution in [0.25, 0.3) is 0 Å². The molecule has 3 heteroatoms. The Bertz CT molecular complexity index is 198. The van der Waals surface area contributed by atoms with Crippen molar-refractivity contribution in [2.75, 3.05) is 0 Å². The van der Waals surface area contributed by atoms with Crippen LogP contribution >= 0.6 is 0 Å². The lowest BCUT2D eigenvalue weighted by Gasteiger charge is -2.30. The van der Waals surface area contributed by atoms with Crippen LogP contribution < -0.4 is 5.32 Å². The molecular weight excluding hydrogens is 190 g/mol. The number of hydrogen-bond donors (Lipinski definition) is 2. The Labute approximate surface area is 92.3 Å². The fourth-order valence-electron chi connectivity index (χ4n) is 2.45. The molecule has 0 aromatic heterocycles. The first kappa shape index (κ1) is 12.5. The second-order valence-electron chi connectivity index (χ2n) is 4.73. The summed E-state index contributed by atoms with van der Waals surface area (Å²) < 4.78 is 0. The normalized spacial score (nSPS) is 28.7. The van der Waals surface area contributed by atoms with Gasteiger partial charge in [0.2, 0.25) is 0 Å². The van der Waals surface area contributed by atoms with Crippen LogP contribution in [0.2, 0.25) is 0 Å². The lowest BCUT2D eigenvalue weighted by atomic mass is 9.83. The lowest BCUT2D eigenvalue weighted by Crippen LogP contribution is -2.43. The summed E-state index contributed by atoms with van der Waals surface area (Å²) in [6, 6.07) is 0.0157. The molecule has 0 radical (unpaired) electrons. The topological polar surface area (TPSA) is 49.3 Å². The van der Waals surface area contributed by atoms with E-state index >= 15 is 0 Å². The zero-order valence-electron chi connectivity index (χ0n) is 9.83. The zero-order valence-corrected chi connectivity index (χ0v) is 9.83. The lowest BCUT2D eigenvalue weighted by molar-refractivity contribution is -0.139. The minimum Gasteiger partial charge on any atom is -0.480 e. The highest BCUT2D eigenvalue weighted by Gasteiger charge is 2.23. The summed E-state index contributed by atoms with van der Waals surface area (Å²) in [5.41, 5.74) is 0. The van der Waals surface area contributed by atoms with Gasteiger partial charge in [0.1, 0.15) is 6.04 Å². The first-order valence-corrected chi connectivity index (χ1v) is 6.12. The van der Waals surface area contributed by atoms with Crippen molar-refractivity contribution in [2.45, 2.75) is 64.5 Å². The Kier molecular flexibility index (Phi) is 5.09. The van der Waals surface area contributed by atoms with E-state index in [9.17, 15) is 4.79 Å². The van der Waals surface area contributed by atoms with Crippen molar-refractivity contribution in [3.05, 3.63) is 0 Å². The number of aliphatic carboxylic acids is 1. The van der Waals surface area contributed by atoms with Gasteiger partial charge in [-0.2, -0.15) is 0 Å². The molecule has 1 atom stereocenters. The Morgan fingerprint density at radius 3 is 2.47 bits per heavy atom.